The van der Waals surface area contributed by atoms with Crippen molar-refractivity contribution in [1.29, 1.82) is 0 Å². The number of amides is 1. The Morgan fingerprint density at radius 3 is 1.61 bits per heavy atom. The molecule has 0 bridgehead atoms. The van der Waals surface area contributed by atoms with Crippen LogP contribution in [0.15, 0.2) is 73.1 Å². The van der Waals surface area contributed by atoms with Gasteiger partial charge in [-0.1, -0.05) is 51.4 Å². The minimum atomic E-state index is -0.599. The molecular formula is C33H40Cl3N7O8. The molecule has 18 heteroatoms. The van der Waals surface area contributed by atoms with Gasteiger partial charge < -0.3 is 25.4 Å². The van der Waals surface area contributed by atoms with Gasteiger partial charge in [0.2, 0.25) is 0 Å². The van der Waals surface area contributed by atoms with Crippen LogP contribution >= 0.6 is 34.8 Å². The maximum Gasteiger partial charge on any atom is 0.296 e. The third kappa shape index (κ3) is 16.4. The zero-order valence-electron chi connectivity index (χ0n) is 27.8. The zero-order chi connectivity index (χ0) is 37.8. The maximum atomic E-state index is 12.0. The topological polar surface area (TPSA) is 206 Å². The molecule has 0 radical (unpaired) electrons. The second-order valence-corrected chi connectivity index (χ2v) is 10.5. The van der Waals surface area contributed by atoms with E-state index in [4.69, 9.17) is 50.0 Å². The average Bonchev–Trinajstić information content (AvgIpc) is 3.10. The first-order valence-electron chi connectivity index (χ1n) is 14.6. The largest absolute Gasteiger partial charge is 0.496 e. The molecule has 0 spiro atoms. The van der Waals surface area contributed by atoms with Crippen molar-refractivity contribution in [1.82, 2.24) is 14.9 Å². The van der Waals surface area contributed by atoms with Gasteiger partial charge in [-0.2, -0.15) is 0 Å². The Bertz CT molecular complexity index is 1700. The summed E-state index contributed by atoms with van der Waals surface area (Å²) in [6, 6.07) is 14.4. The number of nitrogens with two attached hydrogens (primary N) is 1. The number of methoxy groups -OCH3 is 2. The van der Waals surface area contributed by atoms with Crippen molar-refractivity contribution in [3.63, 3.8) is 0 Å². The maximum absolute atomic E-state index is 12.0. The Balaban J connectivity index is 0.000000711. The summed E-state index contributed by atoms with van der Waals surface area (Å²) in [5.74, 6) is 0.233. The highest BCUT2D eigenvalue weighted by Crippen LogP contribution is 2.29. The third-order valence-corrected chi connectivity index (χ3v) is 7.04. The SMILES string of the molecule is C.CCN(CC)CC.COc1ccc(N)c([N+](=O)[O-])c1.COc1ccc(NC(=O)c2ccc(Cl)nc2)c([N+](=O)[O-])c1.O=C(Cl)c1ccc(Cl)nc1. The lowest BCUT2D eigenvalue weighted by Gasteiger charge is -2.13. The van der Waals surface area contributed by atoms with Gasteiger partial charge in [-0.3, -0.25) is 29.8 Å². The summed E-state index contributed by atoms with van der Waals surface area (Å²) in [6.45, 7) is 10.1. The van der Waals surface area contributed by atoms with Crippen molar-refractivity contribution in [3.8, 4) is 11.5 Å². The average molecular weight is 769 g/mol. The van der Waals surface area contributed by atoms with Crippen LogP contribution in [-0.2, 0) is 0 Å². The standard InChI is InChI=1S/C13H10ClN3O4.C7H8N2O3.C6H3Cl2NO.C6H15N.CH4/c1-21-9-3-4-10(11(6-9)17(19)20)16-13(18)8-2-5-12(14)15-7-8;1-12-5-2-3-6(8)7(4-5)9(10)11;7-5-2-1-4(3-9-5)6(8)10;1-4-7(5-2)6-3;/h2-7H,1H3,(H,16,18);2-4H,8H2,1H3;1-3H;4-6H2,1-3H3;1H4. The fourth-order valence-corrected chi connectivity index (χ4v) is 3.91. The molecule has 4 aromatic rings. The molecule has 15 nitrogen and oxygen atoms in total. The molecule has 3 N–H and O–H groups in total. The number of rotatable bonds is 10. The number of nitrogens with zero attached hydrogens (tertiary/aromatic N) is 5. The molecule has 0 fully saturated rings. The number of anilines is 2. The van der Waals surface area contributed by atoms with E-state index in [0.29, 0.717) is 22.2 Å². The summed E-state index contributed by atoms with van der Waals surface area (Å²) in [6.07, 6.45) is 2.62. The van der Waals surface area contributed by atoms with Crippen LogP contribution in [0.3, 0.4) is 0 Å². The highest BCUT2D eigenvalue weighted by molar-refractivity contribution is 6.67. The zero-order valence-corrected chi connectivity index (χ0v) is 30.0. The van der Waals surface area contributed by atoms with E-state index in [0.717, 1.165) is 0 Å². The van der Waals surface area contributed by atoms with Crippen LogP contribution in [0.5, 0.6) is 11.5 Å². The summed E-state index contributed by atoms with van der Waals surface area (Å²) in [5, 5.41) is 23.9. The molecule has 276 valence electrons. The highest BCUT2D eigenvalue weighted by Gasteiger charge is 2.18. The number of pyridine rings is 2. The number of nitro benzene ring substituents is 2. The lowest BCUT2D eigenvalue weighted by molar-refractivity contribution is -0.384. The number of hydrogen-bond acceptors (Lipinski definition) is 12. The van der Waals surface area contributed by atoms with Crippen molar-refractivity contribution < 1.29 is 28.9 Å². The summed E-state index contributed by atoms with van der Waals surface area (Å²) < 4.78 is 9.72. The number of halogens is 3. The molecule has 0 saturated heterocycles. The number of aromatic nitrogens is 2. The fourth-order valence-electron chi connectivity index (χ4n) is 3.57. The minimum absolute atomic E-state index is 0. The van der Waals surface area contributed by atoms with E-state index < -0.39 is 21.0 Å². The van der Waals surface area contributed by atoms with Crippen LogP contribution in [0.2, 0.25) is 10.3 Å². The molecule has 0 atom stereocenters. The monoisotopic (exact) mass is 767 g/mol. The number of nitrogens with one attached hydrogen (secondary N) is 1. The summed E-state index contributed by atoms with van der Waals surface area (Å²) in [4.78, 5) is 52.5. The number of benzene rings is 2. The summed E-state index contributed by atoms with van der Waals surface area (Å²) in [5.41, 5.74) is 5.76. The summed E-state index contributed by atoms with van der Waals surface area (Å²) in [7, 11) is 2.84. The number of hydrogen-bond donors (Lipinski definition) is 2. The van der Waals surface area contributed by atoms with Crippen molar-refractivity contribution in [3.05, 3.63) is 115 Å². The molecule has 0 unspecified atom stereocenters. The second kappa shape index (κ2) is 24.1. The lowest BCUT2D eigenvalue weighted by atomic mass is 10.2. The second-order valence-electron chi connectivity index (χ2n) is 9.41. The molecule has 2 aromatic carbocycles. The van der Waals surface area contributed by atoms with Crippen molar-refractivity contribution >= 4 is 68.7 Å². The first-order valence-corrected chi connectivity index (χ1v) is 15.7. The Morgan fingerprint density at radius 1 is 0.784 bits per heavy atom. The molecule has 0 aliphatic heterocycles. The van der Waals surface area contributed by atoms with E-state index in [9.17, 15) is 29.8 Å². The van der Waals surface area contributed by atoms with Crippen LogP contribution in [0.25, 0.3) is 0 Å². The first kappa shape index (κ1) is 45.9. The molecule has 1 amide bonds. The number of nitro groups is 2. The van der Waals surface area contributed by atoms with E-state index >= 15 is 0 Å². The van der Waals surface area contributed by atoms with Gasteiger partial charge >= 0.3 is 0 Å². The van der Waals surface area contributed by atoms with Gasteiger partial charge in [0.05, 0.1) is 47.3 Å². The van der Waals surface area contributed by atoms with Crippen molar-refractivity contribution in [2.45, 2.75) is 28.2 Å². The van der Waals surface area contributed by atoms with Gasteiger partial charge in [0.15, 0.2) is 0 Å². The van der Waals surface area contributed by atoms with Crippen molar-refractivity contribution in [2.75, 3.05) is 44.9 Å². The highest BCUT2D eigenvalue weighted by atomic mass is 35.5. The summed E-state index contributed by atoms with van der Waals surface area (Å²) >= 11 is 16.2. The normalized spacial score (nSPS) is 9.59. The molecule has 0 aliphatic rings. The molecule has 0 saturated carbocycles. The van der Waals surface area contributed by atoms with Gasteiger partial charge in [-0.15, -0.1) is 0 Å². The molecule has 0 aliphatic carbocycles. The Kier molecular flexibility index (Phi) is 21.7. The number of carbonyl (C=O) groups is 2. The van der Waals surface area contributed by atoms with E-state index in [2.05, 4.69) is 41.0 Å². The fraction of sp³-hybridized carbons (Fsp3) is 0.273. The van der Waals surface area contributed by atoms with Gasteiger partial charge in [-0.25, -0.2) is 9.97 Å². The molecule has 2 aromatic heterocycles. The van der Waals surface area contributed by atoms with E-state index in [1.54, 1.807) is 6.07 Å². The third-order valence-electron chi connectivity index (χ3n) is 6.37. The predicted octanol–water partition coefficient (Wildman–Crippen LogP) is 8.19. The van der Waals surface area contributed by atoms with Gasteiger partial charge in [-0.05, 0) is 79.8 Å². The number of ether oxygens (including phenoxy) is 2. The minimum Gasteiger partial charge on any atom is -0.496 e. The number of nitrogen functional groups attached to an aromatic ring is 1. The molecule has 2 heterocycles. The smallest absolute Gasteiger partial charge is 0.296 e. The Hall–Kier alpha value is -5.09. The van der Waals surface area contributed by atoms with Crippen LogP contribution in [0, 0.1) is 20.2 Å². The lowest BCUT2D eigenvalue weighted by Crippen LogP contribution is -2.21. The molecule has 51 heavy (non-hydrogen) atoms. The first-order chi connectivity index (χ1) is 23.7. The van der Waals surface area contributed by atoms with Crippen LogP contribution in [-0.4, -0.2) is 69.7 Å². The van der Waals surface area contributed by atoms with Gasteiger partial charge in [0, 0.05) is 12.4 Å². The number of carbonyl (C=O) groups excluding carboxylic acids is 2. The van der Waals surface area contributed by atoms with Gasteiger partial charge in [0.25, 0.3) is 22.5 Å². The van der Waals surface area contributed by atoms with Crippen LogP contribution in [0.4, 0.5) is 22.7 Å². The molecular weight excluding hydrogens is 729 g/mol. The Morgan fingerprint density at radius 2 is 1.24 bits per heavy atom. The predicted molar refractivity (Wildman–Crippen MR) is 201 cm³/mol. The van der Waals surface area contributed by atoms with E-state index in [-0.39, 0.29) is 40.9 Å². The van der Waals surface area contributed by atoms with Gasteiger partial charge in [0.1, 0.15) is 33.2 Å². The van der Waals surface area contributed by atoms with Crippen molar-refractivity contribution in [2.24, 2.45) is 0 Å². The van der Waals surface area contributed by atoms with Crippen LogP contribution in [0.1, 0.15) is 48.9 Å². The molecule has 4 rings (SSSR count). The Labute approximate surface area is 310 Å². The quantitative estimate of drug-likeness (QED) is 0.0515. The van der Waals surface area contributed by atoms with E-state index in [1.807, 2.05) is 0 Å². The van der Waals surface area contributed by atoms with E-state index in [1.165, 1.54) is 101 Å². The van der Waals surface area contributed by atoms with Crippen LogP contribution < -0.4 is 20.5 Å².